The van der Waals surface area contributed by atoms with Gasteiger partial charge in [0, 0.05) is 24.3 Å². The summed E-state index contributed by atoms with van der Waals surface area (Å²) < 4.78 is 2.17. The molecule has 0 unspecified atom stereocenters. The van der Waals surface area contributed by atoms with Crippen molar-refractivity contribution in [2.24, 2.45) is 0 Å². The van der Waals surface area contributed by atoms with Gasteiger partial charge < -0.3 is 5.73 Å². The van der Waals surface area contributed by atoms with E-state index in [1.165, 1.54) is 32.1 Å². The number of nitrogens with two attached hydrogens (primary N) is 1. The number of hydrogen-bond acceptors (Lipinski definition) is 3. The molecule has 1 saturated carbocycles. The summed E-state index contributed by atoms with van der Waals surface area (Å²) in [4.78, 5) is 4.13. The molecule has 0 atom stereocenters. The molecule has 0 amide bonds. The fraction of sp³-hybridized carbons (Fsp3) is 0.500. The first-order valence-corrected chi connectivity index (χ1v) is 7.55. The van der Waals surface area contributed by atoms with Crippen LogP contribution >= 0.6 is 0 Å². The molecule has 0 radical (unpaired) electrons. The molecule has 1 aliphatic carbocycles. The molecule has 1 aliphatic rings. The predicted octanol–water partition coefficient (Wildman–Crippen LogP) is 3.15. The van der Waals surface area contributed by atoms with Crippen molar-refractivity contribution in [3.8, 4) is 0 Å². The van der Waals surface area contributed by atoms with Gasteiger partial charge in [0.25, 0.3) is 0 Å². The van der Waals surface area contributed by atoms with Crippen molar-refractivity contribution in [2.45, 2.75) is 51.0 Å². The molecule has 0 saturated heterocycles. The lowest BCUT2D eigenvalue weighted by atomic mass is 9.96. The minimum atomic E-state index is 0.612. The first kappa shape index (κ1) is 13.2. The zero-order valence-corrected chi connectivity index (χ0v) is 11.8. The van der Waals surface area contributed by atoms with Crippen LogP contribution in [0.4, 0.5) is 5.69 Å². The van der Waals surface area contributed by atoms with Gasteiger partial charge in [-0.1, -0.05) is 19.3 Å². The summed E-state index contributed by atoms with van der Waals surface area (Å²) >= 11 is 0. The summed E-state index contributed by atoms with van der Waals surface area (Å²) in [6, 6.07) is 4.61. The summed E-state index contributed by atoms with van der Waals surface area (Å²) in [6.45, 7) is 0. The molecule has 2 aromatic rings. The Morgan fingerprint density at radius 3 is 2.80 bits per heavy atom. The average molecular weight is 270 g/mol. The van der Waals surface area contributed by atoms with E-state index < -0.39 is 0 Å². The Kier molecular flexibility index (Phi) is 4.00. The number of pyridine rings is 1. The molecular formula is C16H22N4. The number of hydrogen-bond donors (Lipinski definition) is 1. The highest BCUT2D eigenvalue weighted by atomic mass is 15.3. The van der Waals surface area contributed by atoms with E-state index in [2.05, 4.69) is 21.9 Å². The number of nitrogens with zero attached hydrogens (tertiary/aromatic N) is 3. The first-order valence-electron chi connectivity index (χ1n) is 7.55. The van der Waals surface area contributed by atoms with E-state index in [0.717, 1.165) is 29.8 Å². The van der Waals surface area contributed by atoms with Crippen LogP contribution in [0.2, 0.25) is 0 Å². The van der Waals surface area contributed by atoms with Gasteiger partial charge in [0.05, 0.1) is 11.7 Å². The van der Waals surface area contributed by atoms with Gasteiger partial charge in [0.15, 0.2) is 0 Å². The predicted molar refractivity (Wildman–Crippen MR) is 80.4 cm³/mol. The van der Waals surface area contributed by atoms with Crippen LogP contribution in [0.25, 0.3) is 0 Å². The van der Waals surface area contributed by atoms with Gasteiger partial charge in [-0.2, -0.15) is 5.10 Å². The summed E-state index contributed by atoms with van der Waals surface area (Å²) in [6.07, 6.45) is 14.2. The van der Waals surface area contributed by atoms with Crippen LogP contribution in [-0.4, -0.2) is 14.8 Å². The molecule has 2 N–H and O–H groups in total. The lowest BCUT2D eigenvalue weighted by Gasteiger charge is -2.21. The van der Waals surface area contributed by atoms with Crippen LogP contribution in [0, 0.1) is 0 Å². The van der Waals surface area contributed by atoms with Crippen molar-refractivity contribution in [2.75, 3.05) is 5.73 Å². The van der Waals surface area contributed by atoms with Crippen molar-refractivity contribution in [1.29, 1.82) is 0 Å². The standard InChI is InChI=1S/C16H22N4/c17-16-8-10-18-12-13(16)6-7-14-9-11-20(19-14)15-4-2-1-3-5-15/h8-12,15H,1-7H2,(H2,17,18). The highest BCUT2D eigenvalue weighted by Gasteiger charge is 2.15. The molecule has 0 aromatic carbocycles. The van der Waals surface area contributed by atoms with Gasteiger partial charge in [0.1, 0.15) is 0 Å². The second kappa shape index (κ2) is 6.07. The van der Waals surface area contributed by atoms with E-state index in [9.17, 15) is 0 Å². The Balaban J connectivity index is 1.61. The monoisotopic (exact) mass is 270 g/mol. The third kappa shape index (κ3) is 3.00. The molecule has 4 heteroatoms. The normalized spacial score (nSPS) is 16.4. The lowest BCUT2D eigenvalue weighted by molar-refractivity contribution is 0.328. The topological polar surface area (TPSA) is 56.7 Å². The van der Waals surface area contributed by atoms with E-state index in [-0.39, 0.29) is 0 Å². The van der Waals surface area contributed by atoms with Gasteiger partial charge in [-0.3, -0.25) is 9.67 Å². The molecular weight excluding hydrogens is 248 g/mol. The largest absolute Gasteiger partial charge is 0.398 e. The Morgan fingerprint density at radius 1 is 1.15 bits per heavy atom. The van der Waals surface area contributed by atoms with Crippen molar-refractivity contribution >= 4 is 5.69 Å². The van der Waals surface area contributed by atoms with Crippen molar-refractivity contribution in [1.82, 2.24) is 14.8 Å². The Hall–Kier alpha value is -1.84. The van der Waals surface area contributed by atoms with Gasteiger partial charge in [-0.25, -0.2) is 0 Å². The van der Waals surface area contributed by atoms with E-state index in [4.69, 9.17) is 10.8 Å². The quantitative estimate of drug-likeness (QED) is 0.928. The molecule has 106 valence electrons. The van der Waals surface area contributed by atoms with E-state index in [1.54, 1.807) is 6.20 Å². The van der Waals surface area contributed by atoms with E-state index in [0.29, 0.717) is 6.04 Å². The Morgan fingerprint density at radius 2 is 2.00 bits per heavy atom. The van der Waals surface area contributed by atoms with Crippen molar-refractivity contribution in [3.63, 3.8) is 0 Å². The van der Waals surface area contributed by atoms with Crippen LogP contribution in [-0.2, 0) is 12.8 Å². The van der Waals surface area contributed by atoms with Crippen LogP contribution < -0.4 is 5.73 Å². The van der Waals surface area contributed by atoms with Gasteiger partial charge in [-0.05, 0) is 43.4 Å². The number of rotatable bonds is 4. The van der Waals surface area contributed by atoms with Crippen LogP contribution in [0.3, 0.4) is 0 Å². The molecule has 20 heavy (non-hydrogen) atoms. The third-order valence-electron chi connectivity index (χ3n) is 4.20. The van der Waals surface area contributed by atoms with Crippen LogP contribution in [0.5, 0.6) is 0 Å². The maximum atomic E-state index is 5.94. The molecule has 0 spiro atoms. The van der Waals surface area contributed by atoms with Gasteiger partial charge in [-0.15, -0.1) is 0 Å². The van der Waals surface area contributed by atoms with Gasteiger partial charge >= 0.3 is 0 Å². The summed E-state index contributed by atoms with van der Waals surface area (Å²) in [5, 5.41) is 4.73. The zero-order valence-electron chi connectivity index (χ0n) is 11.8. The zero-order chi connectivity index (χ0) is 13.8. The van der Waals surface area contributed by atoms with Crippen molar-refractivity contribution in [3.05, 3.63) is 42.0 Å². The molecule has 0 bridgehead atoms. The second-order valence-corrected chi connectivity index (χ2v) is 5.65. The molecule has 1 fully saturated rings. The molecule has 2 aromatic heterocycles. The number of aromatic nitrogens is 3. The number of anilines is 1. The second-order valence-electron chi connectivity index (χ2n) is 5.65. The van der Waals surface area contributed by atoms with E-state index in [1.807, 2.05) is 12.3 Å². The minimum Gasteiger partial charge on any atom is -0.398 e. The van der Waals surface area contributed by atoms with Crippen LogP contribution in [0.15, 0.2) is 30.7 Å². The van der Waals surface area contributed by atoms with Crippen molar-refractivity contribution < 1.29 is 0 Å². The third-order valence-corrected chi connectivity index (χ3v) is 4.20. The Bertz CT molecular complexity index is 555. The molecule has 0 aliphatic heterocycles. The fourth-order valence-corrected chi connectivity index (χ4v) is 2.97. The number of nitrogen functional groups attached to an aromatic ring is 1. The summed E-state index contributed by atoms with van der Waals surface area (Å²) in [7, 11) is 0. The summed E-state index contributed by atoms with van der Waals surface area (Å²) in [5.74, 6) is 0. The molecule has 4 nitrogen and oxygen atoms in total. The average Bonchev–Trinajstić information content (AvgIpc) is 2.96. The fourth-order valence-electron chi connectivity index (χ4n) is 2.97. The maximum absolute atomic E-state index is 5.94. The Labute approximate surface area is 120 Å². The molecule has 3 rings (SSSR count). The van der Waals surface area contributed by atoms with Gasteiger partial charge in [0.2, 0.25) is 0 Å². The highest BCUT2D eigenvalue weighted by molar-refractivity contribution is 5.44. The smallest absolute Gasteiger partial charge is 0.0628 e. The highest BCUT2D eigenvalue weighted by Crippen LogP contribution is 2.27. The first-order chi connectivity index (χ1) is 9.83. The number of aryl methyl sites for hydroxylation is 2. The SMILES string of the molecule is Nc1ccncc1CCc1ccn(C2CCCCC2)n1. The summed E-state index contributed by atoms with van der Waals surface area (Å²) in [5.41, 5.74) is 9.03. The lowest BCUT2D eigenvalue weighted by Crippen LogP contribution is -2.13. The maximum Gasteiger partial charge on any atom is 0.0628 e. The van der Waals surface area contributed by atoms with Crippen LogP contribution in [0.1, 0.15) is 49.4 Å². The molecule has 2 heterocycles. The van der Waals surface area contributed by atoms with E-state index >= 15 is 0 Å². The minimum absolute atomic E-state index is 0.612.